The van der Waals surface area contributed by atoms with Crippen molar-refractivity contribution in [2.75, 3.05) is 26.8 Å². The molecule has 0 radical (unpaired) electrons. The molecule has 136 valence electrons. The fraction of sp³-hybridized carbons (Fsp3) is 0.400. The van der Waals surface area contributed by atoms with E-state index in [4.69, 9.17) is 9.84 Å². The number of nitrogens with zero attached hydrogens (tertiary/aromatic N) is 5. The van der Waals surface area contributed by atoms with Crippen molar-refractivity contribution >= 4 is 0 Å². The number of imidazole rings is 1. The van der Waals surface area contributed by atoms with Crippen LogP contribution in [0, 0.1) is 13.8 Å². The van der Waals surface area contributed by atoms with Crippen molar-refractivity contribution in [3.63, 3.8) is 0 Å². The van der Waals surface area contributed by atoms with Crippen LogP contribution in [0.2, 0.25) is 0 Å². The van der Waals surface area contributed by atoms with Gasteiger partial charge in [-0.2, -0.15) is 5.10 Å². The lowest BCUT2D eigenvalue weighted by Gasteiger charge is -2.32. The van der Waals surface area contributed by atoms with Crippen LogP contribution in [0.25, 0.3) is 5.69 Å². The standard InChI is InChI=1S/C20H25N5O/c1-15-20(18-14-26-12-11-23(18)3)16(2)25(22-15)13-19-21-9-10-24(19)17-7-5-4-6-8-17/h4-10,18H,11-14H2,1-3H3. The molecule has 1 unspecified atom stereocenters. The van der Waals surface area contributed by atoms with Gasteiger partial charge in [0.1, 0.15) is 5.82 Å². The summed E-state index contributed by atoms with van der Waals surface area (Å²) in [6.45, 7) is 7.35. The van der Waals surface area contributed by atoms with Gasteiger partial charge in [0.2, 0.25) is 0 Å². The van der Waals surface area contributed by atoms with Gasteiger partial charge in [0, 0.05) is 35.9 Å². The minimum Gasteiger partial charge on any atom is -0.378 e. The third kappa shape index (κ3) is 3.06. The quantitative estimate of drug-likeness (QED) is 0.725. The monoisotopic (exact) mass is 351 g/mol. The van der Waals surface area contributed by atoms with Crippen LogP contribution in [0.5, 0.6) is 0 Å². The molecule has 1 aliphatic heterocycles. The first-order chi connectivity index (χ1) is 12.6. The molecule has 3 heterocycles. The zero-order valence-corrected chi connectivity index (χ0v) is 15.6. The van der Waals surface area contributed by atoms with Crippen molar-refractivity contribution in [2.45, 2.75) is 26.4 Å². The number of morpholine rings is 1. The predicted molar refractivity (Wildman–Crippen MR) is 101 cm³/mol. The highest BCUT2D eigenvalue weighted by Gasteiger charge is 2.27. The molecule has 0 spiro atoms. The molecule has 0 saturated carbocycles. The van der Waals surface area contributed by atoms with Crippen molar-refractivity contribution < 1.29 is 4.74 Å². The van der Waals surface area contributed by atoms with Crippen LogP contribution in [0.4, 0.5) is 0 Å². The Kier molecular flexibility index (Phi) is 4.61. The highest BCUT2D eigenvalue weighted by molar-refractivity contribution is 5.33. The average molecular weight is 351 g/mol. The summed E-state index contributed by atoms with van der Waals surface area (Å²) in [7, 11) is 2.16. The Bertz CT molecular complexity index is 883. The molecule has 26 heavy (non-hydrogen) atoms. The van der Waals surface area contributed by atoms with Gasteiger partial charge in [-0.3, -0.25) is 9.58 Å². The second-order valence-electron chi connectivity index (χ2n) is 6.86. The first kappa shape index (κ1) is 17.0. The summed E-state index contributed by atoms with van der Waals surface area (Å²) in [6, 6.07) is 10.6. The molecule has 6 nitrogen and oxygen atoms in total. The number of benzene rings is 1. The number of ether oxygens (including phenoxy) is 1. The van der Waals surface area contributed by atoms with Crippen LogP contribution in [0.1, 0.15) is 28.8 Å². The zero-order chi connectivity index (χ0) is 18.1. The van der Waals surface area contributed by atoms with Gasteiger partial charge in [0.25, 0.3) is 0 Å². The van der Waals surface area contributed by atoms with Gasteiger partial charge >= 0.3 is 0 Å². The van der Waals surface area contributed by atoms with Gasteiger partial charge in [0.15, 0.2) is 0 Å². The van der Waals surface area contributed by atoms with Crippen LogP contribution < -0.4 is 0 Å². The number of likely N-dealkylation sites (N-methyl/N-ethyl adjacent to an activating group) is 1. The molecule has 1 aliphatic rings. The van der Waals surface area contributed by atoms with E-state index in [2.05, 4.69) is 52.2 Å². The number of aromatic nitrogens is 4. The molecule has 6 heteroatoms. The lowest BCUT2D eigenvalue weighted by atomic mass is 10.0. The fourth-order valence-electron chi connectivity index (χ4n) is 3.75. The Balaban J connectivity index is 1.65. The van der Waals surface area contributed by atoms with Crippen LogP contribution in [-0.2, 0) is 11.3 Å². The minimum absolute atomic E-state index is 0.270. The highest BCUT2D eigenvalue weighted by atomic mass is 16.5. The predicted octanol–water partition coefficient (Wildman–Crippen LogP) is 2.74. The lowest BCUT2D eigenvalue weighted by Crippen LogP contribution is -2.37. The SMILES string of the molecule is Cc1nn(Cc2nccn2-c2ccccc2)c(C)c1C1COCCN1C. The Morgan fingerprint density at radius 1 is 1.19 bits per heavy atom. The summed E-state index contributed by atoms with van der Waals surface area (Å²) in [4.78, 5) is 6.92. The molecule has 1 saturated heterocycles. The Labute approximate surface area is 154 Å². The van der Waals surface area contributed by atoms with Crippen molar-refractivity contribution in [2.24, 2.45) is 0 Å². The second kappa shape index (κ2) is 7.05. The van der Waals surface area contributed by atoms with Gasteiger partial charge in [-0.05, 0) is 33.0 Å². The number of rotatable bonds is 4. The van der Waals surface area contributed by atoms with E-state index < -0.39 is 0 Å². The van der Waals surface area contributed by atoms with Crippen LogP contribution in [0.15, 0.2) is 42.7 Å². The normalized spacial score (nSPS) is 18.3. The Morgan fingerprint density at radius 2 is 2.00 bits per heavy atom. The summed E-state index contributed by atoms with van der Waals surface area (Å²) in [5.41, 5.74) is 4.65. The molecular weight excluding hydrogens is 326 g/mol. The lowest BCUT2D eigenvalue weighted by molar-refractivity contribution is 0.00457. The Hall–Kier alpha value is -2.44. The summed E-state index contributed by atoms with van der Waals surface area (Å²) in [6.07, 6.45) is 3.84. The summed E-state index contributed by atoms with van der Waals surface area (Å²) in [5.74, 6) is 0.974. The van der Waals surface area contributed by atoms with Gasteiger partial charge < -0.3 is 9.30 Å². The smallest absolute Gasteiger partial charge is 0.135 e. The van der Waals surface area contributed by atoms with E-state index in [0.29, 0.717) is 6.54 Å². The third-order valence-corrected chi connectivity index (χ3v) is 5.21. The largest absolute Gasteiger partial charge is 0.378 e. The minimum atomic E-state index is 0.270. The first-order valence-corrected chi connectivity index (χ1v) is 9.04. The maximum atomic E-state index is 5.71. The Morgan fingerprint density at radius 3 is 2.77 bits per heavy atom. The van der Waals surface area contributed by atoms with E-state index in [-0.39, 0.29) is 6.04 Å². The highest BCUT2D eigenvalue weighted by Crippen LogP contribution is 2.28. The molecule has 2 aromatic heterocycles. The maximum absolute atomic E-state index is 5.71. The maximum Gasteiger partial charge on any atom is 0.135 e. The van der Waals surface area contributed by atoms with E-state index >= 15 is 0 Å². The molecule has 1 atom stereocenters. The van der Waals surface area contributed by atoms with Gasteiger partial charge in [-0.15, -0.1) is 0 Å². The zero-order valence-electron chi connectivity index (χ0n) is 15.6. The molecule has 0 amide bonds. The third-order valence-electron chi connectivity index (χ3n) is 5.21. The average Bonchev–Trinajstić information content (AvgIpc) is 3.22. The molecular formula is C20H25N5O. The van der Waals surface area contributed by atoms with Crippen LogP contribution >= 0.6 is 0 Å². The number of hydrogen-bond donors (Lipinski definition) is 0. The molecule has 0 bridgehead atoms. The topological polar surface area (TPSA) is 48.1 Å². The van der Waals surface area contributed by atoms with Crippen molar-refractivity contribution in [3.8, 4) is 5.69 Å². The molecule has 3 aromatic rings. The second-order valence-corrected chi connectivity index (χ2v) is 6.86. The van der Waals surface area contributed by atoms with Crippen molar-refractivity contribution in [1.82, 2.24) is 24.2 Å². The van der Waals surface area contributed by atoms with Gasteiger partial charge in [-0.25, -0.2) is 4.98 Å². The molecule has 1 aromatic carbocycles. The van der Waals surface area contributed by atoms with Gasteiger partial charge in [-0.1, -0.05) is 18.2 Å². The number of aryl methyl sites for hydroxylation is 1. The number of hydrogen-bond acceptors (Lipinski definition) is 4. The molecule has 0 aliphatic carbocycles. The summed E-state index contributed by atoms with van der Waals surface area (Å²) >= 11 is 0. The fourth-order valence-corrected chi connectivity index (χ4v) is 3.75. The summed E-state index contributed by atoms with van der Waals surface area (Å²) < 4.78 is 9.90. The van der Waals surface area contributed by atoms with E-state index in [9.17, 15) is 0 Å². The van der Waals surface area contributed by atoms with E-state index in [1.807, 2.05) is 30.6 Å². The van der Waals surface area contributed by atoms with E-state index in [1.54, 1.807) is 0 Å². The molecule has 0 N–H and O–H groups in total. The number of para-hydroxylation sites is 1. The molecule has 1 fully saturated rings. The van der Waals surface area contributed by atoms with Gasteiger partial charge in [0.05, 0.1) is 31.5 Å². The summed E-state index contributed by atoms with van der Waals surface area (Å²) in [5, 5.41) is 4.81. The van der Waals surface area contributed by atoms with Crippen molar-refractivity contribution in [1.29, 1.82) is 0 Å². The van der Waals surface area contributed by atoms with E-state index in [0.717, 1.165) is 37.0 Å². The van der Waals surface area contributed by atoms with E-state index in [1.165, 1.54) is 11.3 Å². The first-order valence-electron chi connectivity index (χ1n) is 9.04. The molecule has 4 rings (SSSR count). The van der Waals surface area contributed by atoms with Crippen LogP contribution in [0.3, 0.4) is 0 Å². The van der Waals surface area contributed by atoms with Crippen molar-refractivity contribution in [3.05, 3.63) is 65.5 Å². The van der Waals surface area contributed by atoms with Crippen LogP contribution in [-0.4, -0.2) is 51.0 Å².